The highest BCUT2D eigenvalue weighted by Crippen LogP contribution is 2.38. The SMILES string of the molecule is COc1cc(CCc2ccc(C(=O)N(C)OC)cc2)cc(OC)c1OC. The second kappa shape index (κ2) is 9.10. The van der Waals surface area contributed by atoms with Crippen molar-refractivity contribution in [3.8, 4) is 17.2 Å². The lowest BCUT2D eigenvalue weighted by atomic mass is 10.0. The summed E-state index contributed by atoms with van der Waals surface area (Å²) in [5.74, 6) is 1.70. The van der Waals surface area contributed by atoms with Gasteiger partial charge in [0, 0.05) is 12.6 Å². The molecule has 26 heavy (non-hydrogen) atoms. The molecule has 0 atom stereocenters. The van der Waals surface area contributed by atoms with E-state index in [0.717, 1.165) is 24.0 Å². The van der Waals surface area contributed by atoms with Crippen LogP contribution in [0, 0.1) is 0 Å². The highest BCUT2D eigenvalue weighted by atomic mass is 16.7. The van der Waals surface area contributed by atoms with Crippen molar-refractivity contribution < 1.29 is 23.8 Å². The minimum atomic E-state index is -0.177. The fraction of sp³-hybridized carbons (Fsp3) is 0.350. The lowest BCUT2D eigenvalue weighted by Gasteiger charge is -2.14. The first-order chi connectivity index (χ1) is 12.5. The van der Waals surface area contributed by atoms with E-state index in [9.17, 15) is 4.79 Å². The summed E-state index contributed by atoms with van der Waals surface area (Å²) in [6.07, 6.45) is 1.63. The molecule has 0 bridgehead atoms. The lowest BCUT2D eigenvalue weighted by molar-refractivity contribution is -0.0756. The Hall–Kier alpha value is -2.73. The van der Waals surface area contributed by atoms with E-state index in [0.29, 0.717) is 22.8 Å². The van der Waals surface area contributed by atoms with Gasteiger partial charge in [-0.05, 0) is 48.2 Å². The molecule has 1 amide bonds. The van der Waals surface area contributed by atoms with Crippen molar-refractivity contribution >= 4 is 5.91 Å². The van der Waals surface area contributed by atoms with Crippen LogP contribution in [0.3, 0.4) is 0 Å². The van der Waals surface area contributed by atoms with Crippen LogP contribution < -0.4 is 14.2 Å². The fourth-order valence-corrected chi connectivity index (χ4v) is 2.65. The van der Waals surface area contributed by atoms with E-state index in [-0.39, 0.29) is 5.91 Å². The van der Waals surface area contributed by atoms with Crippen LogP contribution in [0.25, 0.3) is 0 Å². The summed E-state index contributed by atoms with van der Waals surface area (Å²) in [7, 11) is 7.84. The average Bonchev–Trinajstić information content (AvgIpc) is 2.70. The number of hydrogen-bond acceptors (Lipinski definition) is 5. The van der Waals surface area contributed by atoms with Crippen molar-refractivity contribution in [3.63, 3.8) is 0 Å². The Morgan fingerprint density at radius 3 is 1.85 bits per heavy atom. The third-order valence-electron chi connectivity index (χ3n) is 4.19. The van der Waals surface area contributed by atoms with Gasteiger partial charge in [0.15, 0.2) is 11.5 Å². The monoisotopic (exact) mass is 359 g/mol. The predicted molar refractivity (Wildman–Crippen MR) is 99.1 cm³/mol. The number of benzene rings is 2. The number of aryl methyl sites for hydroxylation is 2. The second-order valence-corrected chi connectivity index (χ2v) is 5.72. The summed E-state index contributed by atoms with van der Waals surface area (Å²) >= 11 is 0. The van der Waals surface area contributed by atoms with Gasteiger partial charge in [0.25, 0.3) is 5.91 Å². The second-order valence-electron chi connectivity index (χ2n) is 5.72. The zero-order valence-electron chi connectivity index (χ0n) is 15.9. The van der Waals surface area contributed by atoms with E-state index in [1.54, 1.807) is 28.4 Å². The number of hydroxylamine groups is 2. The van der Waals surface area contributed by atoms with Crippen LogP contribution in [-0.4, -0.2) is 46.5 Å². The maximum Gasteiger partial charge on any atom is 0.277 e. The molecule has 0 heterocycles. The first-order valence-corrected chi connectivity index (χ1v) is 8.24. The third kappa shape index (κ3) is 4.46. The average molecular weight is 359 g/mol. The highest BCUT2D eigenvalue weighted by molar-refractivity contribution is 5.93. The Kier molecular flexibility index (Phi) is 6.86. The molecule has 0 radical (unpaired) electrons. The summed E-state index contributed by atoms with van der Waals surface area (Å²) in [6.45, 7) is 0. The maximum absolute atomic E-state index is 12.0. The Labute approximate surface area is 154 Å². The Balaban J connectivity index is 2.10. The van der Waals surface area contributed by atoms with Crippen LogP contribution in [0.5, 0.6) is 17.2 Å². The number of rotatable bonds is 8. The van der Waals surface area contributed by atoms with Crippen LogP contribution in [0.1, 0.15) is 21.5 Å². The quantitative estimate of drug-likeness (QED) is 0.678. The van der Waals surface area contributed by atoms with Crippen LogP contribution >= 0.6 is 0 Å². The van der Waals surface area contributed by atoms with Gasteiger partial charge < -0.3 is 14.2 Å². The molecule has 0 aliphatic heterocycles. The van der Waals surface area contributed by atoms with Crippen molar-refractivity contribution in [1.82, 2.24) is 5.06 Å². The maximum atomic E-state index is 12.0. The zero-order chi connectivity index (χ0) is 19.1. The van der Waals surface area contributed by atoms with E-state index >= 15 is 0 Å². The number of hydrogen-bond donors (Lipinski definition) is 0. The molecule has 0 saturated heterocycles. The van der Waals surface area contributed by atoms with E-state index in [2.05, 4.69) is 0 Å². The molecule has 0 aliphatic carbocycles. The smallest absolute Gasteiger partial charge is 0.277 e. The van der Waals surface area contributed by atoms with Gasteiger partial charge in [-0.15, -0.1) is 0 Å². The molecule has 140 valence electrons. The minimum absolute atomic E-state index is 0.177. The van der Waals surface area contributed by atoms with Gasteiger partial charge in [-0.25, -0.2) is 5.06 Å². The molecule has 2 rings (SSSR count). The summed E-state index contributed by atoms with van der Waals surface area (Å²) < 4.78 is 16.1. The third-order valence-corrected chi connectivity index (χ3v) is 4.19. The van der Waals surface area contributed by atoms with E-state index < -0.39 is 0 Å². The molecule has 2 aromatic rings. The normalized spacial score (nSPS) is 10.3. The molecule has 0 saturated carbocycles. The van der Waals surface area contributed by atoms with E-state index in [1.165, 1.54) is 12.2 Å². The number of ether oxygens (including phenoxy) is 3. The predicted octanol–water partition coefficient (Wildman–Crippen LogP) is 3.13. The van der Waals surface area contributed by atoms with Gasteiger partial charge in [-0.1, -0.05) is 12.1 Å². The van der Waals surface area contributed by atoms with Gasteiger partial charge in [-0.2, -0.15) is 0 Å². The zero-order valence-corrected chi connectivity index (χ0v) is 15.9. The summed E-state index contributed by atoms with van der Waals surface area (Å²) in [6, 6.07) is 11.4. The molecule has 0 fully saturated rings. The molecule has 6 nitrogen and oxygen atoms in total. The van der Waals surface area contributed by atoms with Crippen LogP contribution in [0.15, 0.2) is 36.4 Å². The first-order valence-electron chi connectivity index (χ1n) is 8.24. The summed E-state index contributed by atoms with van der Waals surface area (Å²) in [5.41, 5.74) is 2.81. The molecule has 0 aromatic heterocycles. The van der Waals surface area contributed by atoms with Gasteiger partial charge in [-0.3, -0.25) is 9.63 Å². The fourth-order valence-electron chi connectivity index (χ4n) is 2.65. The first kappa shape index (κ1) is 19.6. The molecule has 0 aliphatic rings. The van der Waals surface area contributed by atoms with Gasteiger partial charge in [0.1, 0.15) is 0 Å². The Morgan fingerprint density at radius 2 is 1.38 bits per heavy atom. The molecular formula is C20H25NO5. The highest BCUT2D eigenvalue weighted by Gasteiger charge is 2.14. The Morgan fingerprint density at radius 1 is 0.846 bits per heavy atom. The van der Waals surface area contributed by atoms with Crippen LogP contribution in [0.2, 0.25) is 0 Å². The number of methoxy groups -OCH3 is 3. The van der Waals surface area contributed by atoms with Crippen molar-refractivity contribution in [1.29, 1.82) is 0 Å². The minimum Gasteiger partial charge on any atom is -0.493 e. The van der Waals surface area contributed by atoms with Crippen molar-refractivity contribution in [3.05, 3.63) is 53.1 Å². The summed E-state index contributed by atoms with van der Waals surface area (Å²) in [5, 5.41) is 1.20. The van der Waals surface area contributed by atoms with Crippen LogP contribution in [-0.2, 0) is 17.7 Å². The number of carbonyl (C=O) groups excluding carboxylic acids is 1. The van der Waals surface area contributed by atoms with Crippen molar-refractivity contribution in [2.75, 3.05) is 35.5 Å². The number of amides is 1. The number of carbonyl (C=O) groups is 1. The number of nitrogens with zero attached hydrogens (tertiary/aromatic N) is 1. The van der Waals surface area contributed by atoms with Crippen LogP contribution in [0.4, 0.5) is 0 Å². The standard InChI is InChI=1S/C20H25NO5/c1-21(26-5)20(22)16-10-8-14(9-11-16)6-7-15-12-17(23-2)19(25-4)18(13-15)24-3/h8-13H,6-7H2,1-5H3. The van der Waals surface area contributed by atoms with E-state index in [1.807, 2.05) is 36.4 Å². The molecule has 6 heteroatoms. The van der Waals surface area contributed by atoms with Gasteiger partial charge >= 0.3 is 0 Å². The van der Waals surface area contributed by atoms with Crippen molar-refractivity contribution in [2.24, 2.45) is 0 Å². The largest absolute Gasteiger partial charge is 0.493 e. The molecular weight excluding hydrogens is 334 g/mol. The molecule has 2 aromatic carbocycles. The Bertz CT molecular complexity index is 717. The van der Waals surface area contributed by atoms with Gasteiger partial charge in [0.2, 0.25) is 5.75 Å². The molecule has 0 N–H and O–H groups in total. The van der Waals surface area contributed by atoms with Gasteiger partial charge in [0.05, 0.1) is 28.4 Å². The van der Waals surface area contributed by atoms with E-state index in [4.69, 9.17) is 19.0 Å². The molecule has 0 unspecified atom stereocenters. The lowest BCUT2D eigenvalue weighted by Crippen LogP contribution is -2.25. The van der Waals surface area contributed by atoms with Crippen molar-refractivity contribution in [2.45, 2.75) is 12.8 Å². The molecule has 0 spiro atoms. The topological polar surface area (TPSA) is 57.2 Å². The summed E-state index contributed by atoms with van der Waals surface area (Å²) in [4.78, 5) is 16.9.